The number of methoxy groups -OCH3 is 1. The number of hydrogen-bond donors (Lipinski definition) is 1. The van der Waals surface area contributed by atoms with Crippen LogP contribution >= 0.6 is 12.2 Å². The van der Waals surface area contributed by atoms with Gasteiger partial charge in [0.1, 0.15) is 11.8 Å². The SMILES string of the molecule is CCN(CCn1c(=S)[nH]c2c(OC)ncnc21)C1CC1. The Hall–Kier alpha value is -1.47. The quantitative estimate of drug-likeness (QED) is 0.825. The second-order valence-electron chi connectivity index (χ2n) is 5.02. The van der Waals surface area contributed by atoms with Gasteiger partial charge in [-0.15, -0.1) is 0 Å². The summed E-state index contributed by atoms with van der Waals surface area (Å²) in [6, 6.07) is 0.767. The summed E-state index contributed by atoms with van der Waals surface area (Å²) in [6.07, 6.45) is 4.16. The van der Waals surface area contributed by atoms with Crippen LogP contribution in [0.3, 0.4) is 0 Å². The monoisotopic (exact) mass is 293 g/mol. The van der Waals surface area contributed by atoms with E-state index in [1.807, 2.05) is 4.57 Å². The van der Waals surface area contributed by atoms with Gasteiger partial charge in [-0.3, -0.25) is 4.90 Å². The predicted molar refractivity (Wildman–Crippen MR) is 79.5 cm³/mol. The van der Waals surface area contributed by atoms with Crippen LogP contribution in [0.2, 0.25) is 0 Å². The van der Waals surface area contributed by atoms with E-state index in [0.717, 1.165) is 36.8 Å². The molecule has 1 N–H and O–H groups in total. The summed E-state index contributed by atoms with van der Waals surface area (Å²) < 4.78 is 7.94. The number of rotatable bonds is 6. The van der Waals surface area contributed by atoms with Gasteiger partial charge in [0.15, 0.2) is 10.4 Å². The number of fused-ring (bicyclic) bond motifs is 1. The maximum Gasteiger partial charge on any atom is 0.242 e. The van der Waals surface area contributed by atoms with Crippen molar-refractivity contribution in [3.63, 3.8) is 0 Å². The molecule has 6 nitrogen and oxygen atoms in total. The van der Waals surface area contributed by atoms with Crippen LogP contribution in [0.4, 0.5) is 0 Å². The lowest BCUT2D eigenvalue weighted by molar-refractivity contribution is 0.266. The molecule has 2 aromatic rings. The third kappa shape index (κ3) is 2.43. The fourth-order valence-corrected chi connectivity index (χ4v) is 2.85. The van der Waals surface area contributed by atoms with Crippen molar-refractivity contribution < 1.29 is 4.74 Å². The van der Waals surface area contributed by atoms with Gasteiger partial charge < -0.3 is 14.3 Å². The lowest BCUT2D eigenvalue weighted by atomic mass is 10.4. The number of aromatic amines is 1. The highest BCUT2D eigenvalue weighted by Gasteiger charge is 2.27. The van der Waals surface area contributed by atoms with Crippen molar-refractivity contribution in [2.45, 2.75) is 32.4 Å². The number of hydrogen-bond acceptors (Lipinski definition) is 5. The van der Waals surface area contributed by atoms with Crippen molar-refractivity contribution in [2.75, 3.05) is 20.2 Å². The van der Waals surface area contributed by atoms with Gasteiger partial charge >= 0.3 is 0 Å². The van der Waals surface area contributed by atoms with Crippen LogP contribution in [0, 0.1) is 4.77 Å². The van der Waals surface area contributed by atoms with E-state index in [-0.39, 0.29) is 0 Å². The summed E-state index contributed by atoms with van der Waals surface area (Å²) in [5.74, 6) is 0.536. The molecule has 20 heavy (non-hydrogen) atoms. The second-order valence-corrected chi connectivity index (χ2v) is 5.41. The summed E-state index contributed by atoms with van der Waals surface area (Å²) in [6.45, 7) is 5.12. The predicted octanol–water partition coefficient (Wildman–Crippen LogP) is 1.98. The average Bonchev–Trinajstić information content (AvgIpc) is 3.24. The third-order valence-corrected chi connectivity index (χ3v) is 4.12. The zero-order valence-electron chi connectivity index (χ0n) is 11.8. The Labute approximate surface area is 122 Å². The number of aromatic nitrogens is 4. The first kappa shape index (κ1) is 13.5. The molecule has 0 radical (unpaired) electrons. The summed E-state index contributed by atoms with van der Waals surface area (Å²) >= 11 is 5.40. The molecule has 2 aromatic heterocycles. The lowest BCUT2D eigenvalue weighted by Gasteiger charge is -2.19. The van der Waals surface area contributed by atoms with Crippen molar-refractivity contribution in [1.82, 2.24) is 24.4 Å². The first-order valence-corrected chi connectivity index (χ1v) is 7.37. The van der Waals surface area contributed by atoms with Crippen molar-refractivity contribution in [3.05, 3.63) is 11.1 Å². The van der Waals surface area contributed by atoms with E-state index in [0.29, 0.717) is 10.7 Å². The summed E-state index contributed by atoms with van der Waals surface area (Å²) in [5.41, 5.74) is 1.59. The molecule has 108 valence electrons. The zero-order chi connectivity index (χ0) is 14.1. The van der Waals surface area contributed by atoms with Gasteiger partial charge in [0.05, 0.1) is 7.11 Å². The van der Waals surface area contributed by atoms with E-state index in [1.54, 1.807) is 7.11 Å². The van der Waals surface area contributed by atoms with Crippen molar-refractivity contribution in [1.29, 1.82) is 0 Å². The Morgan fingerprint density at radius 2 is 2.30 bits per heavy atom. The van der Waals surface area contributed by atoms with Crippen molar-refractivity contribution in [2.24, 2.45) is 0 Å². The van der Waals surface area contributed by atoms with Gasteiger partial charge in [0.2, 0.25) is 5.88 Å². The van der Waals surface area contributed by atoms with Crippen LogP contribution in [0.15, 0.2) is 6.33 Å². The van der Waals surface area contributed by atoms with E-state index >= 15 is 0 Å². The molecule has 0 unspecified atom stereocenters. The van der Waals surface area contributed by atoms with Crippen LogP contribution in [0.1, 0.15) is 19.8 Å². The van der Waals surface area contributed by atoms with Crippen LogP contribution in [0.25, 0.3) is 11.2 Å². The summed E-state index contributed by atoms with van der Waals surface area (Å²) in [4.78, 5) is 14.1. The molecule has 7 heteroatoms. The van der Waals surface area contributed by atoms with Gasteiger partial charge in [0, 0.05) is 19.1 Å². The topological polar surface area (TPSA) is 59.0 Å². The van der Waals surface area contributed by atoms with E-state index in [1.165, 1.54) is 19.2 Å². The van der Waals surface area contributed by atoms with Gasteiger partial charge in [-0.05, 0) is 31.6 Å². The van der Waals surface area contributed by atoms with Gasteiger partial charge in [-0.1, -0.05) is 6.92 Å². The molecule has 0 aliphatic heterocycles. The van der Waals surface area contributed by atoms with Gasteiger partial charge in [-0.25, -0.2) is 4.98 Å². The molecular weight excluding hydrogens is 274 g/mol. The van der Waals surface area contributed by atoms with E-state index in [2.05, 4.69) is 26.8 Å². The Morgan fingerprint density at radius 1 is 1.50 bits per heavy atom. The van der Waals surface area contributed by atoms with Crippen LogP contribution in [-0.4, -0.2) is 50.7 Å². The second kappa shape index (κ2) is 5.49. The minimum atomic E-state index is 0.536. The first-order chi connectivity index (χ1) is 9.74. The van der Waals surface area contributed by atoms with Crippen LogP contribution in [-0.2, 0) is 6.54 Å². The van der Waals surface area contributed by atoms with Gasteiger partial charge in [-0.2, -0.15) is 4.98 Å². The zero-order valence-corrected chi connectivity index (χ0v) is 12.6. The highest BCUT2D eigenvalue weighted by atomic mass is 32.1. The molecule has 1 saturated carbocycles. The van der Waals surface area contributed by atoms with E-state index in [9.17, 15) is 0 Å². The van der Waals surface area contributed by atoms with Crippen LogP contribution < -0.4 is 4.74 Å². The number of nitrogens with one attached hydrogen (secondary N) is 1. The highest BCUT2D eigenvalue weighted by molar-refractivity contribution is 7.71. The molecule has 0 spiro atoms. The molecule has 0 aromatic carbocycles. The summed E-state index contributed by atoms with van der Waals surface area (Å²) in [5, 5.41) is 0. The smallest absolute Gasteiger partial charge is 0.242 e. The van der Waals surface area contributed by atoms with E-state index < -0.39 is 0 Å². The number of ether oxygens (including phenoxy) is 1. The van der Waals surface area contributed by atoms with Crippen molar-refractivity contribution >= 4 is 23.4 Å². The normalized spacial score (nSPS) is 15.2. The minimum absolute atomic E-state index is 0.536. The number of nitrogens with zero attached hydrogens (tertiary/aromatic N) is 4. The molecule has 3 rings (SSSR count). The van der Waals surface area contributed by atoms with Gasteiger partial charge in [0.25, 0.3) is 0 Å². The molecule has 0 saturated heterocycles. The molecule has 0 atom stereocenters. The lowest BCUT2D eigenvalue weighted by Crippen LogP contribution is -2.29. The average molecular weight is 293 g/mol. The minimum Gasteiger partial charge on any atom is -0.479 e. The Morgan fingerprint density at radius 3 is 2.95 bits per heavy atom. The maximum atomic E-state index is 5.40. The maximum absolute atomic E-state index is 5.40. The number of imidazole rings is 1. The fourth-order valence-electron chi connectivity index (χ4n) is 2.57. The Balaban J connectivity index is 1.87. The molecule has 1 aliphatic rings. The molecular formula is C13H19N5OS. The number of H-pyrrole nitrogens is 1. The Bertz CT molecular complexity index is 660. The Kier molecular flexibility index (Phi) is 3.71. The molecule has 1 aliphatic carbocycles. The molecule has 1 fully saturated rings. The standard InChI is InChI=1S/C13H19N5OS/c1-3-17(9-4-5-9)6-7-18-11-10(16-13(18)20)12(19-2)15-8-14-11/h8-9H,3-7H2,1-2H3,(H,16,20). The van der Waals surface area contributed by atoms with Crippen LogP contribution in [0.5, 0.6) is 5.88 Å². The van der Waals surface area contributed by atoms with Crippen molar-refractivity contribution in [3.8, 4) is 5.88 Å². The number of likely N-dealkylation sites (N-methyl/N-ethyl adjacent to an activating group) is 1. The molecule has 2 heterocycles. The highest BCUT2D eigenvalue weighted by Crippen LogP contribution is 2.26. The summed E-state index contributed by atoms with van der Waals surface area (Å²) in [7, 11) is 1.60. The largest absolute Gasteiger partial charge is 0.479 e. The molecule has 0 bridgehead atoms. The third-order valence-electron chi connectivity index (χ3n) is 3.80. The molecule has 0 amide bonds. The van der Waals surface area contributed by atoms with E-state index in [4.69, 9.17) is 17.0 Å². The fraction of sp³-hybridized carbons (Fsp3) is 0.615. The first-order valence-electron chi connectivity index (χ1n) is 6.96.